The SMILES string of the molecule is NCC(NCc1cccc2c1C(=O)N(C1CCC(=O)NC1=O)C2=O)C(F)(F)F. The van der Waals surface area contributed by atoms with Gasteiger partial charge in [-0.25, -0.2) is 0 Å². The summed E-state index contributed by atoms with van der Waals surface area (Å²) in [5.41, 5.74) is 5.29. The van der Waals surface area contributed by atoms with Crippen LogP contribution in [0.4, 0.5) is 13.2 Å². The number of amides is 4. The molecule has 2 unspecified atom stereocenters. The zero-order valence-corrected chi connectivity index (χ0v) is 14.5. The molecule has 0 radical (unpaired) electrons. The zero-order valence-electron chi connectivity index (χ0n) is 14.5. The number of fused-ring (bicyclic) bond motifs is 1. The third kappa shape index (κ3) is 3.50. The van der Waals surface area contributed by atoms with E-state index >= 15 is 0 Å². The van der Waals surface area contributed by atoms with Gasteiger partial charge in [0.25, 0.3) is 11.8 Å². The lowest BCUT2D eigenvalue weighted by molar-refractivity contribution is -0.153. The van der Waals surface area contributed by atoms with E-state index in [2.05, 4.69) is 10.6 Å². The van der Waals surface area contributed by atoms with Crippen molar-refractivity contribution >= 4 is 23.6 Å². The molecule has 1 fully saturated rings. The van der Waals surface area contributed by atoms with Crippen LogP contribution in [0.2, 0.25) is 0 Å². The monoisotopic (exact) mass is 398 g/mol. The van der Waals surface area contributed by atoms with Crippen molar-refractivity contribution in [1.29, 1.82) is 0 Å². The Bertz CT molecular complexity index is 855. The number of alkyl halides is 3. The summed E-state index contributed by atoms with van der Waals surface area (Å²) in [6.45, 7) is -1.03. The Morgan fingerprint density at radius 2 is 1.93 bits per heavy atom. The van der Waals surface area contributed by atoms with Crippen LogP contribution in [-0.4, -0.2) is 53.3 Å². The minimum atomic E-state index is -4.56. The first-order valence-electron chi connectivity index (χ1n) is 8.48. The maximum atomic E-state index is 12.9. The van der Waals surface area contributed by atoms with Gasteiger partial charge in [-0.05, 0) is 18.1 Å². The van der Waals surface area contributed by atoms with E-state index in [1.807, 2.05) is 0 Å². The Labute approximate surface area is 157 Å². The van der Waals surface area contributed by atoms with Crippen molar-refractivity contribution in [3.05, 3.63) is 34.9 Å². The van der Waals surface area contributed by atoms with E-state index in [9.17, 15) is 32.3 Å². The van der Waals surface area contributed by atoms with Crippen molar-refractivity contribution in [3.63, 3.8) is 0 Å². The molecule has 0 aromatic heterocycles. The van der Waals surface area contributed by atoms with Crippen LogP contribution in [0.1, 0.15) is 39.1 Å². The minimum absolute atomic E-state index is 0.00491. The predicted molar refractivity (Wildman–Crippen MR) is 88.9 cm³/mol. The summed E-state index contributed by atoms with van der Waals surface area (Å²) in [5.74, 6) is -2.75. The van der Waals surface area contributed by atoms with E-state index in [0.29, 0.717) is 0 Å². The van der Waals surface area contributed by atoms with Gasteiger partial charge in [0.1, 0.15) is 12.1 Å². The van der Waals surface area contributed by atoms with Crippen LogP contribution in [0, 0.1) is 0 Å². The number of hydrogen-bond donors (Lipinski definition) is 3. The van der Waals surface area contributed by atoms with E-state index in [0.717, 1.165) is 4.90 Å². The number of benzene rings is 1. The maximum absolute atomic E-state index is 12.9. The van der Waals surface area contributed by atoms with E-state index < -0.39 is 48.4 Å². The van der Waals surface area contributed by atoms with Gasteiger partial charge in [0, 0.05) is 19.5 Å². The molecule has 0 bridgehead atoms. The first kappa shape index (κ1) is 20.0. The average Bonchev–Trinajstić information content (AvgIpc) is 2.86. The molecule has 0 saturated carbocycles. The number of hydrogen-bond acceptors (Lipinski definition) is 6. The van der Waals surface area contributed by atoms with Gasteiger partial charge < -0.3 is 11.1 Å². The lowest BCUT2D eigenvalue weighted by Gasteiger charge is -2.27. The Balaban J connectivity index is 1.86. The van der Waals surface area contributed by atoms with E-state index in [4.69, 9.17) is 5.73 Å². The van der Waals surface area contributed by atoms with Crippen LogP contribution in [0.3, 0.4) is 0 Å². The molecule has 4 amide bonds. The quantitative estimate of drug-likeness (QED) is 0.604. The van der Waals surface area contributed by atoms with Crippen molar-refractivity contribution in [2.75, 3.05) is 6.54 Å². The summed E-state index contributed by atoms with van der Waals surface area (Å²) in [6, 6.07) is 1.13. The molecule has 1 saturated heterocycles. The van der Waals surface area contributed by atoms with Crippen molar-refractivity contribution in [3.8, 4) is 0 Å². The van der Waals surface area contributed by atoms with E-state index in [-0.39, 0.29) is 36.1 Å². The highest BCUT2D eigenvalue weighted by atomic mass is 19.4. The van der Waals surface area contributed by atoms with E-state index in [1.54, 1.807) is 0 Å². The summed E-state index contributed by atoms with van der Waals surface area (Å²) < 4.78 is 38.6. The highest BCUT2D eigenvalue weighted by Gasteiger charge is 2.45. The molecule has 1 aromatic carbocycles. The summed E-state index contributed by atoms with van der Waals surface area (Å²) in [6.07, 6.45) is -4.60. The van der Waals surface area contributed by atoms with Crippen LogP contribution >= 0.6 is 0 Å². The molecular formula is C17H17F3N4O4. The van der Waals surface area contributed by atoms with Gasteiger partial charge in [0.15, 0.2) is 0 Å². The molecule has 8 nitrogen and oxygen atoms in total. The Hall–Kier alpha value is -2.79. The summed E-state index contributed by atoms with van der Waals surface area (Å²) in [4.78, 5) is 49.6. The van der Waals surface area contributed by atoms with Crippen molar-refractivity contribution in [1.82, 2.24) is 15.5 Å². The largest absolute Gasteiger partial charge is 0.405 e. The fourth-order valence-corrected chi connectivity index (χ4v) is 3.30. The van der Waals surface area contributed by atoms with Crippen LogP contribution in [0.25, 0.3) is 0 Å². The zero-order chi connectivity index (χ0) is 20.6. The van der Waals surface area contributed by atoms with Gasteiger partial charge in [-0.1, -0.05) is 12.1 Å². The number of nitrogens with one attached hydrogen (secondary N) is 2. The fraction of sp³-hybridized carbons (Fsp3) is 0.412. The molecule has 28 heavy (non-hydrogen) atoms. The molecule has 3 rings (SSSR count). The van der Waals surface area contributed by atoms with Gasteiger partial charge in [0.2, 0.25) is 11.8 Å². The number of halogens is 3. The lowest BCUT2D eigenvalue weighted by Crippen LogP contribution is -2.54. The molecule has 1 aromatic rings. The fourth-order valence-electron chi connectivity index (χ4n) is 3.30. The molecular weight excluding hydrogens is 381 g/mol. The highest BCUT2D eigenvalue weighted by molar-refractivity contribution is 6.24. The van der Waals surface area contributed by atoms with Crippen LogP contribution in [0.15, 0.2) is 18.2 Å². The minimum Gasteiger partial charge on any atom is -0.329 e. The maximum Gasteiger partial charge on any atom is 0.405 e. The van der Waals surface area contributed by atoms with Crippen molar-refractivity contribution in [2.45, 2.75) is 37.6 Å². The summed E-state index contributed by atoms with van der Waals surface area (Å²) >= 11 is 0. The number of nitrogens with zero attached hydrogens (tertiary/aromatic N) is 1. The Morgan fingerprint density at radius 1 is 1.21 bits per heavy atom. The molecule has 0 aliphatic carbocycles. The Morgan fingerprint density at radius 3 is 2.54 bits per heavy atom. The van der Waals surface area contributed by atoms with Gasteiger partial charge in [-0.2, -0.15) is 13.2 Å². The second-order valence-corrected chi connectivity index (χ2v) is 6.50. The molecule has 2 heterocycles. The van der Waals surface area contributed by atoms with Crippen LogP contribution in [0.5, 0.6) is 0 Å². The summed E-state index contributed by atoms with van der Waals surface area (Å²) in [5, 5.41) is 4.32. The topological polar surface area (TPSA) is 122 Å². The molecule has 0 spiro atoms. The van der Waals surface area contributed by atoms with Gasteiger partial charge in [-0.3, -0.25) is 29.4 Å². The van der Waals surface area contributed by atoms with Gasteiger partial charge in [0.05, 0.1) is 11.1 Å². The molecule has 150 valence electrons. The Kier molecular flexibility index (Phi) is 5.22. The number of carbonyl (C=O) groups excluding carboxylic acids is 4. The van der Waals surface area contributed by atoms with Crippen molar-refractivity contribution in [2.24, 2.45) is 5.73 Å². The van der Waals surface area contributed by atoms with Crippen LogP contribution < -0.4 is 16.4 Å². The molecule has 2 aliphatic rings. The normalized spacial score (nSPS) is 21.0. The molecule has 2 aliphatic heterocycles. The molecule has 2 atom stereocenters. The smallest absolute Gasteiger partial charge is 0.329 e. The third-order valence-corrected chi connectivity index (χ3v) is 4.72. The van der Waals surface area contributed by atoms with E-state index in [1.165, 1.54) is 18.2 Å². The first-order chi connectivity index (χ1) is 13.1. The second kappa shape index (κ2) is 7.32. The number of carbonyl (C=O) groups is 4. The van der Waals surface area contributed by atoms with Crippen LogP contribution in [-0.2, 0) is 16.1 Å². The number of imide groups is 2. The predicted octanol–water partition coefficient (Wildman–Crippen LogP) is 0.0670. The van der Waals surface area contributed by atoms with Gasteiger partial charge in [-0.15, -0.1) is 0 Å². The lowest BCUT2D eigenvalue weighted by atomic mass is 10.0. The first-order valence-corrected chi connectivity index (χ1v) is 8.48. The summed E-state index contributed by atoms with van der Waals surface area (Å²) in [7, 11) is 0. The number of piperidine rings is 1. The molecule has 4 N–H and O–H groups in total. The number of rotatable bonds is 5. The average molecular weight is 398 g/mol. The standard InChI is InChI=1S/C17H17F3N4O4/c18-17(19,20)11(6-21)22-7-8-2-1-3-9-13(8)16(28)24(15(9)27)10-4-5-12(25)23-14(10)26/h1-3,10-11,22H,4-7,21H2,(H,23,25,26). The second-order valence-electron chi connectivity index (χ2n) is 6.50. The molecule has 11 heteroatoms. The third-order valence-electron chi connectivity index (χ3n) is 4.72. The van der Waals surface area contributed by atoms with Crippen molar-refractivity contribution < 1.29 is 32.3 Å². The highest BCUT2D eigenvalue weighted by Crippen LogP contribution is 2.30. The van der Waals surface area contributed by atoms with Gasteiger partial charge >= 0.3 is 6.18 Å². The number of nitrogens with two attached hydrogens (primary N) is 1.